The van der Waals surface area contributed by atoms with Crippen molar-refractivity contribution in [3.8, 4) is 0 Å². The minimum absolute atomic E-state index is 0.162. The van der Waals surface area contributed by atoms with E-state index in [1.54, 1.807) is 18.2 Å². The predicted molar refractivity (Wildman–Crippen MR) is 66.9 cm³/mol. The molecule has 17 heavy (non-hydrogen) atoms. The molecule has 2 rings (SSSR count). The van der Waals surface area contributed by atoms with Gasteiger partial charge in [0.25, 0.3) is 0 Å². The number of furan rings is 1. The molecular formula is C13H14ClNO2. The fraction of sp³-hybridized carbons (Fsp3) is 0.231. The van der Waals surface area contributed by atoms with Crippen LogP contribution < -0.4 is 5.73 Å². The second kappa shape index (κ2) is 5.36. The van der Waals surface area contributed by atoms with Crippen molar-refractivity contribution in [3.05, 3.63) is 59.0 Å². The zero-order chi connectivity index (χ0) is 12.3. The fourth-order valence-corrected chi connectivity index (χ4v) is 1.96. The van der Waals surface area contributed by atoms with Gasteiger partial charge in [-0.15, -0.1) is 0 Å². The third-order valence-corrected chi connectivity index (χ3v) is 3.07. The Kier molecular flexibility index (Phi) is 3.84. The van der Waals surface area contributed by atoms with Crippen LogP contribution in [-0.4, -0.2) is 11.7 Å². The first-order valence-corrected chi connectivity index (χ1v) is 5.76. The molecule has 0 aliphatic heterocycles. The van der Waals surface area contributed by atoms with Gasteiger partial charge in [-0.1, -0.05) is 23.7 Å². The van der Waals surface area contributed by atoms with Crippen LogP contribution in [0.5, 0.6) is 0 Å². The van der Waals surface area contributed by atoms with Crippen LogP contribution in [0.4, 0.5) is 0 Å². The molecular weight excluding hydrogens is 238 g/mol. The van der Waals surface area contributed by atoms with Crippen molar-refractivity contribution >= 4 is 11.6 Å². The number of hydrogen-bond acceptors (Lipinski definition) is 3. The Morgan fingerprint density at radius 2 is 1.88 bits per heavy atom. The summed E-state index contributed by atoms with van der Waals surface area (Å²) in [5, 5.41) is 10.9. The van der Waals surface area contributed by atoms with Gasteiger partial charge >= 0.3 is 0 Å². The second-order valence-corrected chi connectivity index (χ2v) is 4.33. The van der Waals surface area contributed by atoms with Crippen molar-refractivity contribution in [2.24, 2.45) is 5.73 Å². The van der Waals surface area contributed by atoms with E-state index in [1.807, 2.05) is 12.1 Å². The Morgan fingerprint density at radius 3 is 2.41 bits per heavy atom. The molecule has 90 valence electrons. The van der Waals surface area contributed by atoms with E-state index in [0.717, 1.165) is 11.1 Å². The molecule has 1 aromatic heterocycles. The molecule has 0 spiro atoms. The zero-order valence-corrected chi connectivity index (χ0v) is 9.97. The Hall–Kier alpha value is -1.29. The van der Waals surface area contributed by atoms with Crippen molar-refractivity contribution in [3.63, 3.8) is 0 Å². The number of halogens is 1. The molecule has 0 aliphatic carbocycles. The third kappa shape index (κ3) is 2.69. The first-order valence-electron chi connectivity index (χ1n) is 5.38. The molecule has 0 radical (unpaired) electrons. The molecule has 2 unspecified atom stereocenters. The van der Waals surface area contributed by atoms with Crippen LogP contribution in [0.15, 0.2) is 47.3 Å². The van der Waals surface area contributed by atoms with Gasteiger partial charge in [0.05, 0.1) is 18.6 Å². The molecule has 3 N–H and O–H groups in total. The topological polar surface area (TPSA) is 59.4 Å². The summed E-state index contributed by atoms with van der Waals surface area (Å²) in [6.07, 6.45) is 2.40. The average molecular weight is 252 g/mol. The van der Waals surface area contributed by atoms with Gasteiger partial charge in [-0.05, 0) is 23.8 Å². The third-order valence-electron chi connectivity index (χ3n) is 2.82. The summed E-state index contributed by atoms with van der Waals surface area (Å²) in [7, 11) is 0. The molecule has 3 nitrogen and oxygen atoms in total. The molecule has 0 fully saturated rings. The summed E-state index contributed by atoms with van der Waals surface area (Å²) in [6, 6.07) is 9.08. The Bertz CT molecular complexity index is 453. The molecule has 4 heteroatoms. The van der Waals surface area contributed by atoms with Crippen LogP contribution in [0.2, 0.25) is 5.02 Å². The van der Waals surface area contributed by atoms with E-state index in [9.17, 15) is 5.11 Å². The van der Waals surface area contributed by atoms with Crippen LogP contribution in [0, 0.1) is 0 Å². The maximum absolute atomic E-state index is 10.2. The molecule has 0 aliphatic rings. The molecule has 0 saturated heterocycles. The van der Waals surface area contributed by atoms with Crippen LogP contribution in [-0.2, 0) is 0 Å². The van der Waals surface area contributed by atoms with Crippen LogP contribution in [0.25, 0.3) is 0 Å². The van der Waals surface area contributed by atoms with Crippen molar-refractivity contribution in [1.82, 2.24) is 0 Å². The smallest absolute Gasteiger partial charge is 0.0960 e. The van der Waals surface area contributed by atoms with Gasteiger partial charge in [0.15, 0.2) is 0 Å². The van der Waals surface area contributed by atoms with E-state index in [1.165, 1.54) is 12.5 Å². The summed E-state index contributed by atoms with van der Waals surface area (Å²) < 4.78 is 4.96. The predicted octanol–water partition coefficient (Wildman–Crippen LogP) is 2.71. The summed E-state index contributed by atoms with van der Waals surface area (Å²) in [4.78, 5) is 0. The molecule has 2 atom stereocenters. The Labute approximate surface area is 105 Å². The minimum atomic E-state index is -0.667. The standard InChI is InChI=1S/C13H14ClNO2/c14-11-3-1-9(2-4-11)12(7-15)13(16)10-5-6-17-8-10/h1-6,8,12-13,16H,7,15H2. The molecule has 1 heterocycles. The van der Waals surface area contributed by atoms with E-state index in [0.29, 0.717) is 11.6 Å². The summed E-state index contributed by atoms with van der Waals surface area (Å²) in [5.74, 6) is -0.162. The highest BCUT2D eigenvalue weighted by molar-refractivity contribution is 6.30. The van der Waals surface area contributed by atoms with E-state index < -0.39 is 6.10 Å². The number of rotatable bonds is 4. The van der Waals surface area contributed by atoms with Crippen molar-refractivity contribution in [2.45, 2.75) is 12.0 Å². The highest BCUT2D eigenvalue weighted by Gasteiger charge is 2.22. The lowest BCUT2D eigenvalue weighted by Crippen LogP contribution is -2.19. The quantitative estimate of drug-likeness (QED) is 0.878. The minimum Gasteiger partial charge on any atom is -0.472 e. The summed E-state index contributed by atoms with van der Waals surface area (Å²) >= 11 is 5.83. The molecule has 0 amide bonds. The van der Waals surface area contributed by atoms with Gasteiger partial charge in [-0.3, -0.25) is 0 Å². The van der Waals surface area contributed by atoms with Gasteiger partial charge < -0.3 is 15.3 Å². The zero-order valence-electron chi connectivity index (χ0n) is 9.21. The van der Waals surface area contributed by atoms with Crippen molar-refractivity contribution < 1.29 is 9.52 Å². The number of hydrogen-bond donors (Lipinski definition) is 2. The maximum Gasteiger partial charge on any atom is 0.0960 e. The largest absolute Gasteiger partial charge is 0.472 e. The van der Waals surface area contributed by atoms with Crippen molar-refractivity contribution in [1.29, 1.82) is 0 Å². The highest BCUT2D eigenvalue weighted by atomic mass is 35.5. The van der Waals surface area contributed by atoms with Gasteiger partial charge in [-0.25, -0.2) is 0 Å². The van der Waals surface area contributed by atoms with E-state index in [-0.39, 0.29) is 5.92 Å². The van der Waals surface area contributed by atoms with Gasteiger partial charge in [0, 0.05) is 23.0 Å². The van der Waals surface area contributed by atoms with E-state index in [4.69, 9.17) is 21.8 Å². The van der Waals surface area contributed by atoms with Crippen LogP contribution >= 0.6 is 11.6 Å². The molecule has 1 aromatic carbocycles. The maximum atomic E-state index is 10.2. The Morgan fingerprint density at radius 1 is 1.18 bits per heavy atom. The van der Waals surface area contributed by atoms with E-state index >= 15 is 0 Å². The number of nitrogens with two attached hydrogens (primary N) is 1. The number of aliphatic hydroxyl groups is 1. The number of benzene rings is 1. The lowest BCUT2D eigenvalue weighted by Gasteiger charge is -2.20. The normalized spacial score (nSPS) is 14.5. The van der Waals surface area contributed by atoms with Gasteiger partial charge in [-0.2, -0.15) is 0 Å². The first-order chi connectivity index (χ1) is 8.22. The van der Waals surface area contributed by atoms with Crippen LogP contribution in [0.3, 0.4) is 0 Å². The van der Waals surface area contributed by atoms with Crippen molar-refractivity contribution in [2.75, 3.05) is 6.54 Å². The second-order valence-electron chi connectivity index (χ2n) is 3.90. The fourth-order valence-electron chi connectivity index (χ4n) is 1.83. The number of aliphatic hydroxyl groups excluding tert-OH is 1. The van der Waals surface area contributed by atoms with Gasteiger partial charge in [0.1, 0.15) is 0 Å². The van der Waals surface area contributed by atoms with Gasteiger partial charge in [0.2, 0.25) is 0 Å². The highest BCUT2D eigenvalue weighted by Crippen LogP contribution is 2.30. The molecule has 2 aromatic rings. The monoisotopic (exact) mass is 251 g/mol. The van der Waals surface area contributed by atoms with E-state index in [2.05, 4.69) is 0 Å². The lowest BCUT2D eigenvalue weighted by molar-refractivity contribution is 0.146. The lowest BCUT2D eigenvalue weighted by atomic mass is 9.90. The first kappa shape index (κ1) is 12.2. The summed E-state index contributed by atoms with van der Waals surface area (Å²) in [6.45, 7) is 0.355. The SMILES string of the molecule is NCC(c1ccc(Cl)cc1)C(O)c1ccoc1. The van der Waals surface area contributed by atoms with Crippen LogP contribution in [0.1, 0.15) is 23.1 Å². The molecule has 0 bridgehead atoms. The average Bonchev–Trinajstić information content (AvgIpc) is 2.86. The Balaban J connectivity index is 2.24. The summed E-state index contributed by atoms with van der Waals surface area (Å²) in [5.41, 5.74) is 7.42. The molecule has 0 saturated carbocycles.